The van der Waals surface area contributed by atoms with Crippen molar-refractivity contribution in [3.05, 3.63) is 65.6 Å². The second-order valence-electron chi connectivity index (χ2n) is 10.2. The van der Waals surface area contributed by atoms with Crippen molar-refractivity contribution in [1.82, 2.24) is 20.4 Å². The molecule has 1 aromatic heterocycles. The van der Waals surface area contributed by atoms with Gasteiger partial charge >= 0.3 is 0 Å². The molecule has 196 valence electrons. The number of nitrogens with zero attached hydrogens (tertiary/aromatic N) is 2. The standard InChI is InChI=1S/C30H45N5O/c1-5-12-26(36)16-10-15-25-14-9-7-8-13-24(6-2)27-21-23(22-32-25)17-18-28-29(27)30(34-33-28)31-19-11-20-35(3)4/h5,10,15-18,21,24,27,32H,1,6-9,11-14,19-20,22H2,2-4H3,(H2,31,33,34). The lowest BCUT2D eigenvalue weighted by molar-refractivity contribution is -0.113. The molecule has 0 fully saturated rings. The Balaban J connectivity index is 1.82. The largest absolute Gasteiger partial charge is 0.384 e. The first-order valence-electron chi connectivity index (χ1n) is 13.6. The van der Waals surface area contributed by atoms with Crippen molar-refractivity contribution in [2.45, 2.75) is 64.2 Å². The van der Waals surface area contributed by atoms with Gasteiger partial charge in [-0.2, -0.15) is 5.10 Å². The summed E-state index contributed by atoms with van der Waals surface area (Å²) in [7, 11) is 4.23. The number of allylic oxidation sites excluding steroid dienone is 6. The number of carbonyl (C=O) groups excluding carboxylic acids is 1. The fourth-order valence-electron chi connectivity index (χ4n) is 5.08. The van der Waals surface area contributed by atoms with Crippen LogP contribution in [0, 0.1) is 5.92 Å². The molecule has 3 N–H and O–H groups in total. The van der Waals surface area contributed by atoms with Gasteiger partial charge in [-0.3, -0.25) is 9.89 Å². The van der Waals surface area contributed by atoms with E-state index in [-0.39, 0.29) is 5.78 Å². The van der Waals surface area contributed by atoms with Gasteiger partial charge < -0.3 is 15.5 Å². The van der Waals surface area contributed by atoms with E-state index in [4.69, 9.17) is 0 Å². The maximum atomic E-state index is 11.8. The summed E-state index contributed by atoms with van der Waals surface area (Å²) in [6.07, 6.45) is 22.5. The summed E-state index contributed by atoms with van der Waals surface area (Å²) in [5.74, 6) is 2.00. The Morgan fingerprint density at radius 1 is 1.28 bits per heavy atom. The van der Waals surface area contributed by atoms with Gasteiger partial charge in [0, 0.05) is 36.7 Å². The highest BCUT2D eigenvalue weighted by Crippen LogP contribution is 2.40. The fraction of sp³-hybridized carbons (Fsp3) is 0.533. The number of ketones is 1. The lowest BCUT2D eigenvalue weighted by Crippen LogP contribution is -2.19. The van der Waals surface area contributed by atoms with Crippen LogP contribution in [0.2, 0.25) is 0 Å². The predicted octanol–water partition coefficient (Wildman–Crippen LogP) is 5.98. The van der Waals surface area contributed by atoms with E-state index in [0.29, 0.717) is 18.3 Å². The minimum atomic E-state index is 0.0822. The number of aromatic nitrogens is 2. The second-order valence-corrected chi connectivity index (χ2v) is 10.2. The summed E-state index contributed by atoms with van der Waals surface area (Å²) in [6.45, 7) is 8.71. The van der Waals surface area contributed by atoms with Crippen LogP contribution in [-0.2, 0) is 4.79 Å². The van der Waals surface area contributed by atoms with Gasteiger partial charge in [0.15, 0.2) is 11.6 Å². The molecule has 6 nitrogen and oxygen atoms in total. The molecule has 0 saturated heterocycles. The van der Waals surface area contributed by atoms with Gasteiger partial charge in [0.05, 0.1) is 5.69 Å². The van der Waals surface area contributed by atoms with Crippen molar-refractivity contribution in [3.8, 4) is 0 Å². The quantitative estimate of drug-likeness (QED) is 0.213. The van der Waals surface area contributed by atoms with Crippen molar-refractivity contribution in [2.24, 2.45) is 5.92 Å². The molecule has 0 spiro atoms. The molecule has 2 atom stereocenters. The van der Waals surface area contributed by atoms with Crippen LogP contribution in [-0.4, -0.2) is 54.6 Å². The number of nitrogens with one attached hydrogen (secondary N) is 3. The molecular formula is C30H45N5O. The molecule has 0 radical (unpaired) electrons. The molecule has 0 saturated carbocycles. The van der Waals surface area contributed by atoms with E-state index in [1.807, 2.05) is 6.08 Å². The Morgan fingerprint density at radius 2 is 2.14 bits per heavy atom. The van der Waals surface area contributed by atoms with Crippen LogP contribution < -0.4 is 10.6 Å². The topological polar surface area (TPSA) is 73.0 Å². The molecule has 2 unspecified atom stereocenters. The lowest BCUT2D eigenvalue weighted by atomic mass is 9.80. The van der Waals surface area contributed by atoms with Crippen molar-refractivity contribution in [3.63, 3.8) is 0 Å². The lowest BCUT2D eigenvalue weighted by Gasteiger charge is -2.26. The molecule has 1 aliphatic heterocycles. The molecule has 1 aromatic rings. The average molecular weight is 492 g/mol. The molecular weight excluding hydrogens is 446 g/mol. The summed E-state index contributed by atoms with van der Waals surface area (Å²) < 4.78 is 0. The number of anilines is 1. The van der Waals surface area contributed by atoms with E-state index < -0.39 is 0 Å². The highest BCUT2D eigenvalue weighted by atomic mass is 16.1. The van der Waals surface area contributed by atoms with Crippen LogP contribution >= 0.6 is 0 Å². The van der Waals surface area contributed by atoms with Gasteiger partial charge in [0.2, 0.25) is 0 Å². The van der Waals surface area contributed by atoms with Crippen LogP contribution in [0.25, 0.3) is 6.08 Å². The summed E-state index contributed by atoms with van der Waals surface area (Å²) in [5.41, 5.74) is 4.91. The zero-order valence-electron chi connectivity index (χ0n) is 22.5. The maximum Gasteiger partial charge on any atom is 0.159 e. The molecule has 2 aliphatic rings. The molecule has 0 aromatic carbocycles. The van der Waals surface area contributed by atoms with E-state index >= 15 is 0 Å². The van der Waals surface area contributed by atoms with Gasteiger partial charge in [-0.1, -0.05) is 50.5 Å². The monoisotopic (exact) mass is 491 g/mol. The first kappa shape index (κ1) is 27.7. The third-order valence-electron chi connectivity index (χ3n) is 7.10. The molecule has 2 bridgehead atoms. The Bertz CT molecular complexity index is 981. The van der Waals surface area contributed by atoms with E-state index in [1.54, 1.807) is 12.2 Å². The summed E-state index contributed by atoms with van der Waals surface area (Å²) in [6, 6.07) is 0. The zero-order valence-corrected chi connectivity index (χ0v) is 22.5. The molecule has 2 heterocycles. The second kappa shape index (κ2) is 14.6. The van der Waals surface area contributed by atoms with Crippen LogP contribution in [0.5, 0.6) is 0 Å². The van der Waals surface area contributed by atoms with E-state index in [9.17, 15) is 4.79 Å². The van der Waals surface area contributed by atoms with Crippen LogP contribution in [0.15, 0.2) is 54.3 Å². The number of rotatable bonds is 10. The highest BCUT2D eigenvalue weighted by Gasteiger charge is 2.28. The number of hydrogen-bond acceptors (Lipinski definition) is 5. The Hall–Kier alpha value is -2.86. The summed E-state index contributed by atoms with van der Waals surface area (Å²) in [5, 5.41) is 15.3. The molecule has 36 heavy (non-hydrogen) atoms. The molecule has 6 heteroatoms. The van der Waals surface area contributed by atoms with E-state index in [2.05, 4.69) is 77.6 Å². The third-order valence-corrected chi connectivity index (χ3v) is 7.10. The van der Waals surface area contributed by atoms with Gasteiger partial charge in [-0.25, -0.2) is 0 Å². The molecule has 0 amide bonds. The Morgan fingerprint density at radius 3 is 2.92 bits per heavy atom. The first-order chi connectivity index (χ1) is 17.5. The SMILES string of the molecule is C=CCC(=O)C=CC=C1CCCCCC(CC)C2C=C(C=Cc3[nH]nc(NCCCN(C)C)c32)CN1. The maximum absolute atomic E-state index is 11.8. The number of fused-ring (bicyclic) bond motifs is 3. The average Bonchev–Trinajstić information content (AvgIpc) is 3.15. The number of carbonyl (C=O) groups is 1. The van der Waals surface area contributed by atoms with Crippen molar-refractivity contribution >= 4 is 17.7 Å². The first-order valence-corrected chi connectivity index (χ1v) is 13.6. The number of H-pyrrole nitrogens is 1. The third kappa shape index (κ3) is 8.37. The number of aromatic amines is 1. The normalized spacial score (nSPS) is 21.8. The smallest absolute Gasteiger partial charge is 0.159 e. The Kier molecular flexibility index (Phi) is 11.3. The van der Waals surface area contributed by atoms with Gasteiger partial charge in [0.25, 0.3) is 0 Å². The van der Waals surface area contributed by atoms with Gasteiger partial charge in [-0.15, -0.1) is 6.58 Å². The fourth-order valence-corrected chi connectivity index (χ4v) is 5.08. The Labute approximate surface area is 217 Å². The predicted molar refractivity (Wildman–Crippen MR) is 152 cm³/mol. The van der Waals surface area contributed by atoms with Crippen molar-refractivity contribution in [1.29, 1.82) is 0 Å². The summed E-state index contributed by atoms with van der Waals surface area (Å²) in [4.78, 5) is 14.0. The van der Waals surface area contributed by atoms with Gasteiger partial charge in [-0.05, 0) is 76.0 Å². The van der Waals surface area contributed by atoms with Gasteiger partial charge in [0.1, 0.15) is 0 Å². The minimum absolute atomic E-state index is 0.0822. The van der Waals surface area contributed by atoms with Crippen molar-refractivity contribution < 1.29 is 4.79 Å². The van der Waals surface area contributed by atoms with Crippen LogP contribution in [0.1, 0.15) is 75.5 Å². The molecule has 1 aliphatic carbocycles. The highest BCUT2D eigenvalue weighted by molar-refractivity contribution is 5.90. The van der Waals surface area contributed by atoms with Crippen molar-refractivity contribution in [2.75, 3.05) is 39.0 Å². The number of hydrogen-bond donors (Lipinski definition) is 3. The summed E-state index contributed by atoms with van der Waals surface area (Å²) >= 11 is 0. The minimum Gasteiger partial charge on any atom is -0.384 e. The van der Waals surface area contributed by atoms with Crippen LogP contribution in [0.3, 0.4) is 0 Å². The zero-order chi connectivity index (χ0) is 25.8. The van der Waals surface area contributed by atoms with E-state index in [1.165, 1.54) is 36.1 Å². The van der Waals surface area contributed by atoms with Crippen LogP contribution in [0.4, 0.5) is 5.82 Å². The molecule has 3 rings (SSSR count). The van der Waals surface area contributed by atoms with E-state index in [0.717, 1.165) is 56.8 Å².